The first-order valence-corrected chi connectivity index (χ1v) is 6.84. The molecule has 4 heteroatoms. The number of hydrogen-bond acceptors (Lipinski definition) is 3. The van der Waals surface area contributed by atoms with Gasteiger partial charge in [-0.15, -0.1) is 0 Å². The lowest BCUT2D eigenvalue weighted by Gasteiger charge is -2.10. The van der Waals surface area contributed by atoms with Gasteiger partial charge < -0.3 is 4.74 Å². The van der Waals surface area contributed by atoms with Gasteiger partial charge in [0.15, 0.2) is 6.29 Å². The van der Waals surface area contributed by atoms with Crippen LogP contribution in [0.4, 0.5) is 0 Å². The van der Waals surface area contributed by atoms with Crippen molar-refractivity contribution in [3.63, 3.8) is 0 Å². The van der Waals surface area contributed by atoms with Gasteiger partial charge >= 0.3 is 0 Å². The Kier molecular flexibility index (Phi) is 3.59. The molecular formula is C17H12ClNO2. The third-order valence-corrected chi connectivity index (χ3v) is 3.45. The maximum Gasteiger partial charge on any atom is 0.230 e. The van der Waals surface area contributed by atoms with Gasteiger partial charge in [0.05, 0.1) is 16.1 Å². The van der Waals surface area contributed by atoms with Gasteiger partial charge in [-0.1, -0.05) is 35.9 Å². The zero-order valence-corrected chi connectivity index (χ0v) is 12.1. The molecule has 1 heterocycles. The topological polar surface area (TPSA) is 39.2 Å². The number of aldehydes is 1. The number of carbonyl (C=O) groups is 1. The summed E-state index contributed by atoms with van der Waals surface area (Å²) in [6.07, 6.45) is 0.735. The van der Waals surface area contributed by atoms with Crippen molar-refractivity contribution in [3.05, 3.63) is 64.7 Å². The smallest absolute Gasteiger partial charge is 0.230 e. The summed E-state index contributed by atoms with van der Waals surface area (Å²) in [7, 11) is 0. The van der Waals surface area contributed by atoms with E-state index < -0.39 is 0 Å². The van der Waals surface area contributed by atoms with Crippen LogP contribution in [-0.2, 0) is 0 Å². The minimum absolute atomic E-state index is 0.260. The first kappa shape index (κ1) is 13.6. The molecule has 0 atom stereocenters. The number of pyridine rings is 1. The monoisotopic (exact) mass is 297 g/mol. The molecule has 21 heavy (non-hydrogen) atoms. The van der Waals surface area contributed by atoms with Crippen molar-refractivity contribution >= 4 is 28.8 Å². The van der Waals surface area contributed by atoms with Crippen molar-refractivity contribution in [2.45, 2.75) is 6.92 Å². The molecule has 0 fully saturated rings. The Bertz CT molecular complexity index is 830. The van der Waals surface area contributed by atoms with Crippen molar-refractivity contribution in [2.75, 3.05) is 0 Å². The third kappa shape index (κ3) is 2.73. The Morgan fingerprint density at radius 3 is 2.76 bits per heavy atom. The van der Waals surface area contributed by atoms with Crippen LogP contribution in [0.5, 0.6) is 11.6 Å². The molecule has 0 N–H and O–H groups in total. The van der Waals surface area contributed by atoms with Crippen LogP contribution >= 0.6 is 11.6 Å². The molecule has 0 aliphatic heterocycles. The van der Waals surface area contributed by atoms with E-state index >= 15 is 0 Å². The molecule has 0 bridgehead atoms. The Morgan fingerprint density at radius 2 is 1.95 bits per heavy atom. The Hall–Kier alpha value is -2.39. The van der Waals surface area contributed by atoms with Gasteiger partial charge in [0.2, 0.25) is 5.88 Å². The minimum atomic E-state index is 0.260. The normalized spacial score (nSPS) is 10.6. The predicted octanol–water partition coefficient (Wildman–Crippen LogP) is 4.80. The maximum absolute atomic E-state index is 11.3. The fourth-order valence-corrected chi connectivity index (χ4v) is 2.23. The number of para-hydroxylation sites is 1. The van der Waals surface area contributed by atoms with E-state index in [1.54, 1.807) is 12.1 Å². The average Bonchev–Trinajstić information content (AvgIpc) is 2.50. The van der Waals surface area contributed by atoms with Crippen LogP contribution in [0.1, 0.15) is 15.9 Å². The molecule has 1 aromatic heterocycles. The summed E-state index contributed by atoms with van der Waals surface area (Å²) in [6.45, 7) is 1.94. The fourth-order valence-electron chi connectivity index (χ4n) is 2.07. The molecule has 3 aromatic rings. The molecule has 0 amide bonds. The lowest BCUT2D eigenvalue weighted by Crippen LogP contribution is -1.95. The number of ether oxygens (including phenoxy) is 1. The summed E-state index contributed by atoms with van der Waals surface area (Å²) in [4.78, 5) is 15.7. The van der Waals surface area contributed by atoms with Crippen molar-refractivity contribution in [1.29, 1.82) is 0 Å². The van der Waals surface area contributed by atoms with Gasteiger partial charge in [-0.25, -0.2) is 4.98 Å². The highest BCUT2D eigenvalue weighted by molar-refractivity contribution is 6.32. The summed E-state index contributed by atoms with van der Waals surface area (Å²) < 4.78 is 5.75. The summed E-state index contributed by atoms with van der Waals surface area (Å²) in [6, 6.07) is 14.8. The van der Waals surface area contributed by atoms with Gasteiger partial charge in [-0.3, -0.25) is 4.79 Å². The molecule has 3 rings (SSSR count). The lowest BCUT2D eigenvalue weighted by molar-refractivity contribution is 0.112. The number of benzene rings is 2. The molecule has 2 aromatic carbocycles. The molecule has 0 radical (unpaired) electrons. The molecule has 0 unspecified atom stereocenters. The zero-order chi connectivity index (χ0) is 14.8. The number of carbonyl (C=O) groups excluding carboxylic acids is 1. The first-order chi connectivity index (χ1) is 10.2. The van der Waals surface area contributed by atoms with Crippen LogP contribution in [0, 0.1) is 6.92 Å². The van der Waals surface area contributed by atoms with E-state index in [2.05, 4.69) is 4.98 Å². The molecular weight excluding hydrogens is 286 g/mol. The SMILES string of the molecule is Cc1ccc(Cl)c(Oc2nc3ccccc3cc2C=O)c1. The third-order valence-electron chi connectivity index (χ3n) is 3.14. The number of hydrogen-bond donors (Lipinski definition) is 0. The van der Waals surface area contributed by atoms with Crippen LogP contribution in [0.15, 0.2) is 48.5 Å². The van der Waals surface area contributed by atoms with Crippen molar-refractivity contribution in [2.24, 2.45) is 0 Å². The Labute approximate surface area is 127 Å². The summed E-state index contributed by atoms with van der Waals surface area (Å²) in [5, 5.41) is 1.37. The predicted molar refractivity (Wildman–Crippen MR) is 83.4 cm³/mol. The Balaban J connectivity index is 2.10. The number of fused-ring (bicyclic) bond motifs is 1. The second kappa shape index (κ2) is 5.54. The quantitative estimate of drug-likeness (QED) is 0.652. The van der Waals surface area contributed by atoms with Gasteiger partial charge in [0, 0.05) is 5.39 Å². The average molecular weight is 298 g/mol. The van der Waals surface area contributed by atoms with Crippen LogP contribution in [0.25, 0.3) is 10.9 Å². The molecule has 0 aliphatic carbocycles. The van der Waals surface area contributed by atoms with Crippen molar-refractivity contribution in [1.82, 2.24) is 4.98 Å². The van der Waals surface area contributed by atoms with E-state index in [1.165, 1.54) is 0 Å². The van der Waals surface area contributed by atoms with E-state index in [9.17, 15) is 4.79 Å². The molecule has 3 nitrogen and oxygen atoms in total. The second-order valence-electron chi connectivity index (χ2n) is 4.73. The number of aryl methyl sites for hydroxylation is 1. The zero-order valence-electron chi connectivity index (χ0n) is 11.3. The molecule has 0 aliphatic rings. The van der Waals surface area contributed by atoms with Crippen molar-refractivity contribution in [3.8, 4) is 11.6 Å². The molecule has 0 saturated carbocycles. The van der Waals surface area contributed by atoms with E-state index in [1.807, 2.05) is 43.3 Å². The van der Waals surface area contributed by atoms with Gasteiger partial charge in [-0.05, 0) is 36.8 Å². The fraction of sp³-hybridized carbons (Fsp3) is 0.0588. The summed E-state index contributed by atoms with van der Waals surface area (Å²) >= 11 is 6.12. The van der Waals surface area contributed by atoms with E-state index in [-0.39, 0.29) is 5.88 Å². The summed E-state index contributed by atoms with van der Waals surface area (Å²) in [5.41, 5.74) is 2.18. The largest absolute Gasteiger partial charge is 0.437 e. The van der Waals surface area contributed by atoms with Crippen molar-refractivity contribution < 1.29 is 9.53 Å². The highest BCUT2D eigenvalue weighted by Crippen LogP contribution is 2.31. The van der Waals surface area contributed by atoms with Crippen LogP contribution in [0.3, 0.4) is 0 Å². The number of nitrogens with zero attached hydrogens (tertiary/aromatic N) is 1. The number of halogens is 1. The highest BCUT2D eigenvalue weighted by Gasteiger charge is 2.11. The molecule has 0 spiro atoms. The maximum atomic E-state index is 11.3. The standard InChI is InChI=1S/C17H12ClNO2/c1-11-6-7-14(18)16(8-11)21-17-13(10-20)9-12-4-2-3-5-15(12)19-17/h2-10H,1H3. The second-order valence-corrected chi connectivity index (χ2v) is 5.14. The lowest BCUT2D eigenvalue weighted by atomic mass is 10.1. The van der Waals surface area contributed by atoms with E-state index in [0.29, 0.717) is 16.3 Å². The minimum Gasteiger partial charge on any atom is -0.437 e. The highest BCUT2D eigenvalue weighted by atomic mass is 35.5. The molecule has 104 valence electrons. The van der Waals surface area contributed by atoms with Crippen LogP contribution in [0.2, 0.25) is 5.02 Å². The van der Waals surface area contributed by atoms with Gasteiger partial charge in [0.1, 0.15) is 5.75 Å². The van der Waals surface area contributed by atoms with Crippen LogP contribution < -0.4 is 4.74 Å². The Morgan fingerprint density at radius 1 is 1.14 bits per heavy atom. The first-order valence-electron chi connectivity index (χ1n) is 6.46. The van der Waals surface area contributed by atoms with E-state index in [0.717, 1.165) is 22.8 Å². The van der Waals surface area contributed by atoms with Gasteiger partial charge in [0.25, 0.3) is 0 Å². The molecule has 0 saturated heterocycles. The van der Waals surface area contributed by atoms with Crippen LogP contribution in [-0.4, -0.2) is 11.3 Å². The number of aromatic nitrogens is 1. The van der Waals surface area contributed by atoms with E-state index in [4.69, 9.17) is 16.3 Å². The summed E-state index contributed by atoms with van der Waals surface area (Å²) in [5.74, 6) is 0.749. The number of rotatable bonds is 3. The van der Waals surface area contributed by atoms with Gasteiger partial charge in [-0.2, -0.15) is 0 Å².